The maximum absolute atomic E-state index is 14.0. The summed E-state index contributed by atoms with van der Waals surface area (Å²) in [7, 11) is -4.94. The molecule has 0 bridgehead atoms. The predicted molar refractivity (Wildman–Crippen MR) is 169 cm³/mol. The molecule has 256 valence electrons. The van der Waals surface area contributed by atoms with Crippen molar-refractivity contribution in [3.8, 4) is 16.9 Å². The number of amides is 1. The molecule has 47 heavy (non-hydrogen) atoms. The molecule has 1 saturated heterocycles. The van der Waals surface area contributed by atoms with E-state index in [0.717, 1.165) is 28.9 Å². The Morgan fingerprint density at radius 3 is 2.55 bits per heavy atom. The second-order valence-corrected chi connectivity index (χ2v) is 13.1. The number of hydrogen-bond donors (Lipinski definition) is 4. The van der Waals surface area contributed by atoms with Crippen molar-refractivity contribution in [1.29, 1.82) is 0 Å². The van der Waals surface area contributed by atoms with E-state index >= 15 is 0 Å². The van der Waals surface area contributed by atoms with Crippen LogP contribution < -0.4 is 26.6 Å². The summed E-state index contributed by atoms with van der Waals surface area (Å²) in [6.07, 6.45) is 3.00. The molecule has 4 rings (SSSR count). The molecule has 1 unspecified atom stereocenters. The van der Waals surface area contributed by atoms with Crippen LogP contribution in [0.15, 0.2) is 47.2 Å². The van der Waals surface area contributed by atoms with Gasteiger partial charge in [-0.25, -0.2) is 9.37 Å². The number of hydroxylamine groups is 2. The molecule has 1 aromatic carbocycles. The number of thiazole rings is 1. The summed E-state index contributed by atoms with van der Waals surface area (Å²) < 4.78 is 59.0. The lowest BCUT2D eigenvalue weighted by Crippen LogP contribution is -2.68. The van der Waals surface area contributed by atoms with Gasteiger partial charge >= 0.3 is 10.4 Å². The molecular formula is C28H38FN8O8S2+. The number of anilines is 1. The molecule has 0 radical (unpaired) electrons. The number of Topliss-reactive ketones (excluding diaryl/α,β-unsaturated/α-hetero) is 1. The Hall–Kier alpha value is -4.01. The molecule has 1 aliphatic heterocycles. The standard InChI is InChI=1S/C28H37FN8O8S2/c1-28(2)22(26(39)37(28)45-47(40,41)42)12-24(38)25(23-17-46-27(32)33-23)34-44-11-10-43-21-6-4-18(5-7-21)19-14-35(9-3-8-30)36(15-19)16-20(29)13-31/h4-7,14-15,17,20,22H,3,8-13,16,30-31H2,1-2H3,(H2-,32,33,40,41,42)/p+1/b34-25-/t20?,22-/m1/s1. The average molecular weight is 698 g/mol. The van der Waals surface area contributed by atoms with Gasteiger partial charge in [-0.15, -0.1) is 20.3 Å². The van der Waals surface area contributed by atoms with Crippen molar-refractivity contribution in [3.05, 3.63) is 47.7 Å². The largest absolute Gasteiger partial charge is 0.490 e. The summed E-state index contributed by atoms with van der Waals surface area (Å²) in [6, 6.07) is 7.28. The lowest BCUT2D eigenvalue weighted by molar-refractivity contribution is -0.778. The number of carbonyl (C=O) groups is 2. The Kier molecular flexibility index (Phi) is 11.6. The molecule has 0 aliphatic carbocycles. The third-order valence-electron chi connectivity index (χ3n) is 7.39. The number of rotatable bonds is 18. The van der Waals surface area contributed by atoms with E-state index in [9.17, 15) is 22.4 Å². The van der Waals surface area contributed by atoms with Crippen molar-refractivity contribution in [3.63, 3.8) is 0 Å². The number of β-lactam (4-membered cyclic amide) rings is 1. The maximum atomic E-state index is 14.0. The molecule has 1 fully saturated rings. The van der Waals surface area contributed by atoms with Crippen molar-refractivity contribution in [2.75, 3.05) is 32.0 Å². The van der Waals surface area contributed by atoms with E-state index in [1.807, 2.05) is 29.2 Å². The third-order valence-corrected chi connectivity index (χ3v) is 8.40. The molecule has 1 aliphatic rings. The molecule has 3 aromatic rings. The number of carbonyl (C=O) groups excluding carboxylic acids is 2. The monoisotopic (exact) mass is 697 g/mol. The number of hydrogen-bond acceptors (Lipinski definition) is 13. The predicted octanol–water partition coefficient (Wildman–Crippen LogP) is 0.857. The fourth-order valence-electron chi connectivity index (χ4n) is 4.87. The van der Waals surface area contributed by atoms with Crippen LogP contribution in [-0.4, -0.2) is 83.1 Å². The normalized spacial score (nSPS) is 17.0. The van der Waals surface area contributed by atoms with Crippen LogP contribution in [0.1, 0.15) is 32.4 Å². The SMILES string of the molecule is CC1(C)[C@H](CC(=O)/C(=N\OCCOc2ccc(-c3cn(CCCN)[n+](CC(F)CN)c3)cc2)c2csc(N)n2)C(=O)N1OS(=O)(=O)O. The summed E-state index contributed by atoms with van der Waals surface area (Å²) in [4.78, 5) is 35.2. The minimum Gasteiger partial charge on any atom is -0.490 e. The number of alkyl halides is 1. The zero-order chi connectivity index (χ0) is 34.4. The van der Waals surface area contributed by atoms with Crippen LogP contribution in [0.3, 0.4) is 0 Å². The van der Waals surface area contributed by atoms with E-state index in [4.69, 9.17) is 31.3 Å². The van der Waals surface area contributed by atoms with E-state index in [0.29, 0.717) is 23.9 Å². The zero-order valence-corrected chi connectivity index (χ0v) is 27.5. The van der Waals surface area contributed by atoms with Gasteiger partial charge in [0.05, 0.1) is 29.8 Å². The van der Waals surface area contributed by atoms with E-state index in [1.54, 1.807) is 16.8 Å². The first-order chi connectivity index (χ1) is 22.2. The summed E-state index contributed by atoms with van der Waals surface area (Å²) in [6.45, 7) is 4.21. The van der Waals surface area contributed by atoms with Crippen LogP contribution in [0.5, 0.6) is 5.75 Å². The number of aryl methyl sites for hydroxylation is 1. The topological polar surface area (TPSA) is 232 Å². The van der Waals surface area contributed by atoms with Crippen LogP contribution in [0, 0.1) is 5.92 Å². The van der Waals surface area contributed by atoms with Gasteiger partial charge < -0.3 is 26.8 Å². The van der Waals surface area contributed by atoms with Gasteiger partial charge in [-0.3, -0.25) is 14.1 Å². The molecule has 19 heteroatoms. The third kappa shape index (κ3) is 9.08. The number of benzene rings is 1. The van der Waals surface area contributed by atoms with Crippen LogP contribution in [0.2, 0.25) is 0 Å². The minimum atomic E-state index is -4.94. The van der Waals surface area contributed by atoms with Crippen molar-refractivity contribution in [1.82, 2.24) is 14.7 Å². The fraction of sp³-hybridized carbons (Fsp3) is 0.464. The van der Waals surface area contributed by atoms with Gasteiger partial charge in [0, 0.05) is 18.3 Å². The molecule has 0 saturated carbocycles. The van der Waals surface area contributed by atoms with Gasteiger partial charge in [-0.2, -0.15) is 18.2 Å². The van der Waals surface area contributed by atoms with Gasteiger partial charge in [0.25, 0.3) is 5.91 Å². The van der Waals surface area contributed by atoms with Gasteiger partial charge in [0.2, 0.25) is 12.7 Å². The molecular weight excluding hydrogens is 659 g/mol. The van der Waals surface area contributed by atoms with Crippen molar-refractivity contribution in [2.24, 2.45) is 22.5 Å². The average Bonchev–Trinajstić information content (AvgIpc) is 3.64. The number of ketones is 1. The quantitative estimate of drug-likeness (QED) is 0.0362. The van der Waals surface area contributed by atoms with Crippen LogP contribution in [0.4, 0.5) is 9.52 Å². The summed E-state index contributed by atoms with van der Waals surface area (Å²) in [5.41, 5.74) is 17.4. The van der Waals surface area contributed by atoms with E-state index in [-0.39, 0.29) is 49.3 Å². The Balaban J connectivity index is 1.35. The molecule has 16 nitrogen and oxygen atoms in total. The highest BCUT2D eigenvalue weighted by Crippen LogP contribution is 2.40. The van der Waals surface area contributed by atoms with E-state index in [1.165, 1.54) is 19.2 Å². The number of nitrogens with two attached hydrogens (primary N) is 3. The second-order valence-electron chi connectivity index (χ2n) is 11.2. The first-order valence-corrected chi connectivity index (χ1v) is 16.8. The second kappa shape index (κ2) is 15.3. The number of ether oxygens (including phenoxy) is 1. The van der Waals surface area contributed by atoms with Gasteiger partial charge in [0.15, 0.2) is 29.4 Å². The first-order valence-electron chi connectivity index (χ1n) is 14.6. The lowest BCUT2D eigenvalue weighted by Gasteiger charge is -2.50. The summed E-state index contributed by atoms with van der Waals surface area (Å²) >= 11 is 1.08. The zero-order valence-electron chi connectivity index (χ0n) is 25.8. The van der Waals surface area contributed by atoms with Gasteiger partial charge in [0.1, 0.15) is 18.1 Å². The number of nitrogen functional groups attached to an aromatic ring is 1. The fourth-order valence-corrected chi connectivity index (χ4v) is 5.87. The van der Waals surface area contributed by atoms with E-state index in [2.05, 4.69) is 14.4 Å². The molecule has 0 spiro atoms. The van der Waals surface area contributed by atoms with Crippen molar-refractivity contribution in [2.45, 2.75) is 51.5 Å². The van der Waals surface area contributed by atoms with Crippen LogP contribution in [0.25, 0.3) is 11.1 Å². The molecule has 2 aromatic heterocycles. The Labute approximate surface area is 274 Å². The Morgan fingerprint density at radius 2 is 1.96 bits per heavy atom. The summed E-state index contributed by atoms with van der Waals surface area (Å²) in [5.74, 6) is -1.82. The van der Waals surface area contributed by atoms with Gasteiger partial charge in [-0.05, 0) is 44.5 Å². The number of aromatic nitrogens is 3. The highest BCUT2D eigenvalue weighted by Gasteiger charge is 2.57. The minimum absolute atomic E-state index is 0.0441. The number of oxime groups is 1. The van der Waals surface area contributed by atoms with Crippen molar-refractivity contribution >= 4 is 44.3 Å². The lowest BCUT2D eigenvalue weighted by atomic mass is 9.74. The van der Waals surface area contributed by atoms with E-state index < -0.39 is 39.7 Å². The summed E-state index contributed by atoms with van der Waals surface area (Å²) in [5, 5.41) is 6.14. The number of nitrogens with zero attached hydrogens (tertiary/aromatic N) is 5. The number of halogens is 1. The van der Waals surface area contributed by atoms with Crippen molar-refractivity contribution < 1.29 is 45.5 Å². The van der Waals surface area contributed by atoms with Crippen LogP contribution in [-0.2, 0) is 42.2 Å². The molecule has 3 heterocycles. The molecule has 1 amide bonds. The van der Waals surface area contributed by atoms with Gasteiger partial charge in [-0.1, -0.05) is 17.3 Å². The highest BCUT2D eigenvalue weighted by molar-refractivity contribution is 7.80. The van der Waals surface area contributed by atoms with Crippen LogP contribution >= 0.6 is 11.3 Å². The first kappa shape index (κ1) is 35.8. The highest BCUT2D eigenvalue weighted by atomic mass is 32.3. The Morgan fingerprint density at radius 1 is 1.23 bits per heavy atom. The maximum Gasteiger partial charge on any atom is 0.418 e. The Bertz CT molecular complexity index is 1690. The molecule has 2 atom stereocenters. The smallest absolute Gasteiger partial charge is 0.418 e. The molecule has 7 N–H and O–H groups in total.